The fourth-order valence-electron chi connectivity index (χ4n) is 3.91. The van der Waals surface area contributed by atoms with Gasteiger partial charge in [0.2, 0.25) is 5.91 Å². The third-order valence-corrected chi connectivity index (χ3v) is 6.06. The zero-order chi connectivity index (χ0) is 22.1. The van der Waals surface area contributed by atoms with E-state index in [0.29, 0.717) is 23.0 Å². The maximum Gasteiger partial charge on any atom is 0.338 e. The number of carbonyl (C=O) groups excluding carboxylic acids is 2. The molecule has 1 aliphatic rings. The standard InChI is InChI=1S/C24H24N2O4S/c1-14-9-15(2)22(16(3)10-14)26(17(4)27)24-25-20(13-31-24)12-30-23(28)19-5-6-21-18(11-19)7-8-29-21/h5-6,9-11,13H,7-8,12H2,1-4H3. The summed E-state index contributed by atoms with van der Waals surface area (Å²) in [5, 5.41) is 2.37. The number of hydrogen-bond donors (Lipinski definition) is 0. The van der Waals surface area contributed by atoms with Gasteiger partial charge in [-0.05, 0) is 55.7 Å². The number of hydrogen-bond acceptors (Lipinski definition) is 6. The van der Waals surface area contributed by atoms with Gasteiger partial charge in [0.15, 0.2) is 5.13 Å². The van der Waals surface area contributed by atoms with Crippen LogP contribution in [0.25, 0.3) is 0 Å². The number of fused-ring (bicyclic) bond motifs is 1. The third kappa shape index (κ3) is 4.32. The Labute approximate surface area is 185 Å². The zero-order valence-corrected chi connectivity index (χ0v) is 18.8. The van der Waals surface area contributed by atoms with E-state index < -0.39 is 5.97 Å². The SMILES string of the molecule is CC(=O)N(c1nc(COC(=O)c2ccc3c(c2)CCO3)cs1)c1c(C)cc(C)cc1C. The maximum atomic E-state index is 12.5. The van der Waals surface area contributed by atoms with Gasteiger partial charge in [-0.3, -0.25) is 9.69 Å². The Bertz CT molecular complexity index is 1150. The van der Waals surface area contributed by atoms with Crippen molar-refractivity contribution in [2.24, 2.45) is 0 Å². The minimum Gasteiger partial charge on any atom is -0.493 e. The van der Waals surface area contributed by atoms with E-state index in [-0.39, 0.29) is 12.5 Å². The number of carbonyl (C=O) groups is 2. The second kappa shape index (κ2) is 8.51. The van der Waals surface area contributed by atoms with E-state index in [1.54, 1.807) is 17.0 Å². The Morgan fingerprint density at radius 3 is 2.61 bits per heavy atom. The average Bonchev–Trinajstić information content (AvgIpc) is 3.37. The van der Waals surface area contributed by atoms with E-state index in [9.17, 15) is 9.59 Å². The van der Waals surface area contributed by atoms with Crippen LogP contribution in [0.4, 0.5) is 10.8 Å². The molecule has 0 N–H and O–H groups in total. The van der Waals surface area contributed by atoms with Gasteiger partial charge in [0, 0.05) is 18.7 Å². The van der Waals surface area contributed by atoms with Crippen LogP contribution in [-0.4, -0.2) is 23.5 Å². The van der Waals surface area contributed by atoms with Crippen LogP contribution in [0.1, 0.15) is 45.2 Å². The van der Waals surface area contributed by atoms with Crippen LogP contribution < -0.4 is 9.64 Å². The summed E-state index contributed by atoms with van der Waals surface area (Å²) >= 11 is 1.35. The molecule has 1 aromatic heterocycles. The second-order valence-corrected chi connectivity index (χ2v) is 8.56. The summed E-state index contributed by atoms with van der Waals surface area (Å²) in [6.07, 6.45) is 0.796. The van der Waals surface area contributed by atoms with Crippen molar-refractivity contribution in [2.75, 3.05) is 11.5 Å². The lowest BCUT2D eigenvalue weighted by molar-refractivity contribution is -0.115. The predicted molar refractivity (Wildman–Crippen MR) is 120 cm³/mol. The molecule has 0 radical (unpaired) electrons. The van der Waals surface area contributed by atoms with Crippen molar-refractivity contribution in [2.45, 2.75) is 40.7 Å². The minimum absolute atomic E-state index is 0.0422. The van der Waals surface area contributed by atoms with E-state index in [0.717, 1.165) is 40.1 Å². The van der Waals surface area contributed by atoms with Crippen LogP contribution >= 0.6 is 11.3 Å². The molecule has 31 heavy (non-hydrogen) atoms. The van der Waals surface area contributed by atoms with Crippen molar-refractivity contribution in [1.82, 2.24) is 4.98 Å². The molecule has 0 bridgehead atoms. The second-order valence-electron chi connectivity index (χ2n) is 7.72. The summed E-state index contributed by atoms with van der Waals surface area (Å²) in [5.41, 5.74) is 6.13. The first-order valence-corrected chi connectivity index (χ1v) is 11.0. The van der Waals surface area contributed by atoms with Crippen LogP contribution in [0, 0.1) is 20.8 Å². The van der Waals surface area contributed by atoms with E-state index in [1.165, 1.54) is 18.3 Å². The Morgan fingerprint density at radius 1 is 1.16 bits per heavy atom. The Hall–Kier alpha value is -3.19. The molecule has 0 saturated carbocycles. The molecule has 1 aliphatic heterocycles. The number of thiazole rings is 1. The number of aromatic nitrogens is 1. The van der Waals surface area contributed by atoms with Crippen molar-refractivity contribution in [3.8, 4) is 5.75 Å². The van der Waals surface area contributed by atoms with Gasteiger partial charge in [-0.1, -0.05) is 17.7 Å². The maximum absolute atomic E-state index is 12.5. The van der Waals surface area contributed by atoms with Crippen molar-refractivity contribution in [1.29, 1.82) is 0 Å². The number of rotatable bonds is 5. The Morgan fingerprint density at radius 2 is 1.90 bits per heavy atom. The lowest BCUT2D eigenvalue weighted by Crippen LogP contribution is -2.24. The number of aryl methyl sites for hydroxylation is 3. The van der Waals surface area contributed by atoms with Crippen molar-refractivity contribution >= 4 is 34.0 Å². The third-order valence-electron chi connectivity index (χ3n) is 5.18. The highest BCUT2D eigenvalue weighted by atomic mass is 32.1. The number of anilines is 2. The van der Waals surface area contributed by atoms with Crippen molar-refractivity contribution in [3.63, 3.8) is 0 Å². The van der Waals surface area contributed by atoms with E-state index in [2.05, 4.69) is 17.1 Å². The minimum atomic E-state index is -0.405. The first-order chi connectivity index (χ1) is 14.8. The van der Waals surface area contributed by atoms with E-state index in [4.69, 9.17) is 9.47 Å². The normalized spacial score (nSPS) is 12.3. The zero-order valence-electron chi connectivity index (χ0n) is 18.0. The quantitative estimate of drug-likeness (QED) is 0.524. The Kier molecular flexibility index (Phi) is 5.78. The summed E-state index contributed by atoms with van der Waals surface area (Å²) in [5.74, 6) is 0.304. The Balaban J connectivity index is 1.50. The van der Waals surface area contributed by atoms with Crippen molar-refractivity contribution < 1.29 is 19.1 Å². The van der Waals surface area contributed by atoms with Gasteiger partial charge in [0.05, 0.1) is 23.6 Å². The molecule has 0 spiro atoms. The molecule has 0 saturated heterocycles. The summed E-state index contributed by atoms with van der Waals surface area (Å²) in [7, 11) is 0. The molecule has 0 fully saturated rings. The average molecular weight is 437 g/mol. The van der Waals surface area contributed by atoms with Gasteiger partial charge in [-0.15, -0.1) is 11.3 Å². The van der Waals surface area contributed by atoms with Gasteiger partial charge in [0.25, 0.3) is 0 Å². The fraction of sp³-hybridized carbons (Fsp3) is 0.292. The highest BCUT2D eigenvalue weighted by molar-refractivity contribution is 7.14. The lowest BCUT2D eigenvalue weighted by atomic mass is 10.0. The van der Waals surface area contributed by atoms with E-state index in [1.807, 2.05) is 32.2 Å². The topological polar surface area (TPSA) is 68.7 Å². The molecular weight excluding hydrogens is 412 g/mol. The largest absolute Gasteiger partial charge is 0.493 e. The van der Waals surface area contributed by atoms with Gasteiger partial charge in [0.1, 0.15) is 12.4 Å². The van der Waals surface area contributed by atoms with Crippen LogP contribution in [-0.2, 0) is 22.6 Å². The first-order valence-electron chi connectivity index (χ1n) is 10.1. The molecule has 6 nitrogen and oxygen atoms in total. The highest BCUT2D eigenvalue weighted by Crippen LogP contribution is 2.34. The van der Waals surface area contributed by atoms with Crippen LogP contribution in [0.2, 0.25) is 0 Å². The summed E-state index contributed by atoms with van der Waals surface area (Å²) in [4.78, 5) is 31.1. The molecular formula is C24H24N2O4S. The summed E-state index contributed by atoms with van der Waals surface area (Å²) in [6, 6.07) is 9.43. The van der Waals surface area contributed by atoms with Crippen LogP contribution in [0.15, 0.2) is 35.7 Å². The van der Waals surface area contributed by atoms with Crippen LogP contribution in [0.5, 0.6) is 5.75 Å². The number of amides is 1. The molecule has 4 rings (SSSR count). The first kappa shape index (κ1) is 21.1. The van der Waals surface area contributed by atoms with Gasteiger partial charge >= 0.3 is 5.97 Å². The molecule has 0 unspecified atom stereocenters. The van der Waals surface area contributed by atoms with Crippen LogP contribution in [0.3, 0.4) is 0 Å². The molecule has 2 heterocycles. The molecule has 0 aliphatic carbocycles. The van der Waals surface area contributed by atoms with E-state index >= 15 is 0 Å². The molecule has 7 heteroatoms. The lowest BCUT2D eigenvalue weighted by Gasteiger charge is -2.23. The summed E-state index contributed by atoms with van der Waals surface area (Å²) < 4.78 is 10.9. The number of esters is 1. The van der Waals surface area contributed by atoms with Gasteiger partial charge in [-0.2, -0.15) is 0 Å². The highest BCUT2D eigenvalue weighted by Gasteiger charge is 2.22. The molecule has 1 amide bonds. The summed E-state index contributed by atoms with van der Waals surface area (Å²) in [6.45, 7) is 8.22. The fourth-order valence-corrected chi connectivity index (χ4v) is 4.77. The number of nitrogens with zero attached hydrogens (tertiary/aromatic N) is 2. The monoisotopic (exact) mass is 436 g/mol. The molecule has 3 aromatic rings. The van der Waals surface area contributed by atoms with Gasteiger partial charge < -0.3 is 9.47 Å². The van der Waals surface area contributed by atoms with Gasteiger partial charge in [-0.25, -0.2) is 9.78 Å². The number of benzene rings is 2. The molecule has 2 aromatic carbocycles. The number of ether oxygens (including phenoxy) is 2. The van der Waals surface area contributed by atoms with Crippen molar-refractivity contribution in [3.05, 3.63) is 69.2 Å². The molecule has 160 valence electrons. The smallest absolute Gasteiger partial charge is 0.338 e. The predicted octanol–water partition coefficient (Wildman–Crippen LogP) is 5.04. The molecule has 0 atom stereocenters.